The highest BCUT2D eigenvalue weighted by atomic mass is 16.1. The van der Waals surface area contributed by atoms with Gasteiger partial charge in [0.2, 0.25) is 5.91 Å². The maximum absolute atomic E-state index is 11.8. The van der Waals surface area contributed by atoms with Crippen molar-refractivity contribution in [2.24, 2.45) is 11.8 Å². The number of piperidine rings is 1. The fourth-order valence-corrected chi connectivity index (χ4v) is 3.50. The van der Waals surface area contributed by atoms with Gasteiger partial charge in [0.1, 0.15) is 0 Å². The van der Waals surface area contributed by atoms with Crippen LogP contribution in [0.2, 0.25) is 0 Å². The van der Waals surface area contributed by atoms with Gasteiger partial charge in [-0.1, -0.05) is 44.2 Å². The van der Waals surface area contributed by atoms with Crippen molar-refractivity contribution in [3.05, 3.63) is 35.9 Å². The van der Waals surface area contributed by atoms with E-state index in [1.54, 1.807) is 0 Å². The number of nitrogens with one attached hydrogen (secondary N) is 1. The van der Waals surface area contributed by atoms with E-state index < -0.39 is 0 Å². The number of rotatable bonds is 7. The standard InChI is InChI=1S/C19H30N2O/c1-16-13-17(2)15-21(14-16)12-6-11-20-19(22)10-9-18-7-4-3-5-8-18/h3-5,7-8,16-17H,6,9-15H2,1-2H3,(H,20,22). The van der Waals surface area contributed by atoms with Gasteiger partial charge < -0.3 is 10.2 Å². The molecule has 0 bridgehead atoms. The molecule has 22 heavy (non-hydrogen) atoms. The molecule has 1 aliphatic rings. The molecule has 3 heteroatoms. The molecular weight excluding hydrogens is 272 g/mol. The van der Waals surface area contributed by atoms with Crippen molar-refractivity contribution in [1.29, 1.82) is 0 Å². The number of aryl methyl sites for hydroxylation is 1. The molecule has 1 fully saturated rings. The molecule has 2 unspecified atom stereocenters. The summed E-state index contributed by atoms with van der Waals surface area (Å²) in [5, 5.41) is 3.05. The first-order valence-electron chi connectivity index (χ1n) is 8.66. The van der Waals surface area contributed by atoms with Gasteiger partial charge in [-0.3, -0.25) is 4.79 Å². The minimum atomic E-state index is 0.171. The monoisotopic (exact) mass is 302 g/mol. The summed E-state index contributed by atoms with van der Waals surface area (Å²) >= 11 is 0. The topological polar surface area (TPSA) is 32.3 Å². The fourth-order valence-electron chi connectivity index (χ4n) is 3.50. The molecule has 1 amide bonds. The molecule has 0 aliphatic carbocycles. The number of carbonyl (C=O) groups is 1. The molecule has 1 N–H and O–H groups in total. The van der Waals surface area contributed by atoms with Gasteiger partial charge in [-0.15, -0.1) is 0 Å². The van der Waals surface area contributed by atoms with Gasteiger partial charge in [0.15, 0.2) is 0 Å². The highest BCUT2D eigenvalue weighted by Crippen LogP contribution is 2.20. The van der Waals surface area contributed by atoms with Gasteiger partial charge in [0.05, 0.1) is 0 Å². The van der Waals surface area contributed by atoms with Crippen LogP contribution in [0.1, 0.15) is 38.7 Å². The van der Waals surface area contributed by atoms with Crippen LogP contribution in [0.3, 0.4) is 0 Å². The van der Waals surface area contributed by atoms with E-state index in [2.05, 4.69) is 36.2 Å². The molecule has 2 atom stereocenters. The van der Waals surface area contributed by atoms with E-state index in [0.717, 1.165) is 37.8 Å². The predicted octanol–water partition coefficient (Wildman–Crippen LogP) is 3.10. The molecule has 2 rings (SSSR count). The largest absolute Gasteiger partial charge is 0.356 e. The summed E-state index contributed by atoms with van der Waals surface area (Å²) in [5.74, 6) is 1.79. The first-order valence-corrected chi connectivity index (χ1v) is 8.66. The third-order valence-electron chi connectivity index (χ3n) is 4.40. The lowest BCUT2D eigenvalue weighted by molar-refractivity contribution is -0.121. The Balaban J connectivity index is 1.55. The van der Waals surface area contributed by atoms with Crippen LogP contribution in [0.15, 0.2) is 30.3 Å². The molecule has 1 aromatic rings. The van der Waals surface area contributed by atoms with Crippen molar-refractivity contribution >= 4 is 5.91 Å². The molecule has 0 spiro atoms. The highest BCUT2D eigenvalue weighted by molar-refractivity contribution is 5.76. The fraction of sp³-hybridized carbons (Fsp3) is 0.632. The zero-order valence-corrected chi connectivity index (χ0v) is 14.1. The van der Waals surface area contributed by atoms with E-state index in [1.807, 2.05) is 18.2 Å². The number of hydrogen-bond donors (Lipinski definition) is 1. The summed E-state index contributed by atoms with van der Waals surface area (Å²) in [5.41, 5.74) is 1.23. The van der Waals surface area contributed by atoms with Gasteiger partial charge in [0, 0.05) is 26.1 Å². The summed E-state index contributed by atoms with van der Waals surface area (Å²) < 4.78 is 0. The minimum Gasteiger partial charge on any atom is -0.356 e. The quantitative estimate of drug-likeness (QED) is 0.785. The SMILES string of the molecule is CC1CC(C)CN(CCCNC(=O)CCc2ccccc2)C1. The van der Waals surface area contributed by atoms with Crippen molar-refractivity contribution in [2.75, 3.05) is 26.2 Å². The summed E-state index contributed by atoms with van der Waals surface area (Å²) in [6, 6.07) is 10.2. The van der Waals surface area contributed by atoms with Crippen molar-refractivity contribution in [2.45, 2.75) is 39.5 Å². The van der Waals surface area contributed by atoms with Crippen LogP contribution in [0, 0.1) is 11.8 Å². The normalized spacial score (nSPS) is 22.5. The molecule has 122 valence electrons. The van der Waals surface area contributed by atoms with Crippen LogP contribution in [0.5, 0.6) is 0 Å². The van der Waals surface area contributed by atoms with Crippen LogP contribution in [0.4, 0.5) is 0 Å². The van der Waals surface area contributed by atoms with Crippen LogP contribution >= 0.6 is 0 Å². The smallest absolute Gasteiger partial charge is 0.220 e. The first-order chi connectivity index (χ1) is 10.6. The van der Waals surface area contributed by atoms with Crippen LogP contribution in [-0.2, 0) is 11.2 Å². The zero-order chi connectivity index (χ0) is 15.8. The van der Waals surface area contributed by atoms with E-state index in [1.165, 1.54) is 25.1 Å². The number of likely N-dealkylation sites (tertiary alicyclic amines) is 1. The Labute approximate surface area is 135 Å². The van der Waals surface area contributed by atoms with Crippen molar-refractivity contribution in [1.82, 2.24) is 10.2 Å². The van der Waals surface area contributed by atoms with Crippen molar-refractivity contribution in [3.63, 3.8) is 0 Å². The van der Waals surface area contributed by atoms with Gasteiger partial charge in [-0.25, -0.2) is 0 Å². The number of amides is 1. The Hall–Kier alpha value is -1.35. The molecule has 1 aliphatic heterocycles. The van der Waals surface area contributed by atoms with E-state index in [4.69, 9.17) is 0 Å². The molecule has 0 aromatic heterocycles. The van der Waals surface area contributed by atoms with Crippen molar-refractivity contribution < 1.29 is 4.79 Å². The Morgan fingerprint density at radius 3 is 2.55 bits per heavy atom. The third-order valence-corrected chi connectivity index (χ3v) is 4.40. The molecule has 0 radical (unpaired) electrons. The molecule has 1 aromatic carbocycles. The summed E-state index contributed by atoms with van der Waals surface area (Å²) in [6.45, 7) is 9.02. The van der Waals surface area contributed by atoms with E-state index in [9.17, 15) is 4.79 Å². The lowest BCUT2D eigenvalue weighted by atomic mass is 9.92. The van der Waals surface area contributed by atoms with Crippen LogP contribution in [0.25, 0.3) is 0 Å². The molecule has 1 heterocycles. The van der Waals surface area contributed by atoms with E-state index in [0.29, 0.717) is 6.42 Å². The van der Waals surface area contributed by atoms with E-state index in [-0.39, 0.29) is 5.91 Å². The first kappa shape index (κ1) is 17.0. The Morgan fingerprint density at radius 1 is 1.18 bits per heavy atom. The molecule has 0 saturated carbocycles. The van der Waals surface area contributed by atoms with Crippen molar-refractivity contribution in [3.8, 4) is 0 Å². The van der Waals surface area contributed by atoms with Gasteiger partial charge in [-0.2, -0.15) is 0 Å². The van der Waals surface area contributed by atoms with Gasteiger partial charge >= 0.3 is 0 Å². The Bertz CT molecular complexity index is 436. The number of benzene rings is 1. The average molecular weight is 302 g/mol. The molecule has 3 nitrogen and oxygen atoms in total. The Morgan fingerprint density at radius 2 is 1.86 bits per heavy atom. The highest BCUT2D eigenvalue weighted by Gasteiger charge is 2.20. The van der Waals surface area contributed by atoms with Gasteiger partial charge in [-0.05, 0) is 43.2 Å². The lowest BCUT2D eigenvalue weighted by Crippen LogP contribution is -2.40. The lowest BCUT2D eigenvalue weighted by Gasteiger charge is -2.34. The third kappa shape index (κ3) is 6.18. The summed E-state index contributed by atoms with van der Waals surface area (Å²) in [4.78, 5) is 14.4. The molecule has 1 saturated heterocycles. The number of carbonyl (C=O) groups excluding carboxylic acids is 1. The minimum absolute atomic E-state index is 0.171. The van der Waals surface area contributed by atoms with Gasteiger partial charge in [0.25, 0.3) is 0 Å². The zero-order valence-electron chi connectivity index (χ0n) is 14.1. The molecular formula is C19H30N2O. The second kappa shape index (κ2) is 8.94. The second-order valence-electron chi connectivity index (χ2n) is 6.89. The number of nitrogens with zero attached hydrogens (tertiary/aromatic N) is 1. The second-order valence-corrected chi connectivity index (χ2v) is 6.89. The maximum atomic E-state index is 11.8. The number of hydrogen-bond acceptors (Lipinski definition) is 2. The summed E-state index contributed by atoms with van der Waals surface area (Å²) in [6.07, 6.45) is 3.82. The summed E-state index contributed by atoms with van der Waals surface area (Å²) in [7, 11) is 0. The van der Waals surface area contributed by atoms with Crippen LogP contribution < -0.4 is 5.32 Å². The predicted molar refractivity (Wildman–Crippen MR) is 91.8 cm³/mol. The average Bonchev–Trinajstić information content (AvgIpc) is 2.50. The maximum Gasteiger partial charge on any atom is 0.220 e. The van der Waals surface area contributed by atoms with Crippen LogP contribution in [-0.4, -0.2) is 37.0 Å². The Kier molecular flexibility index (Phi) is 6.91. The van der Waals surface area contributed by atoms with E-state index >= 15 is 0 Å².